The predicted octanol–water partition coefficient (Wildman–Crippen LogP) is 3.26. The zero-order valence-electron chi connectivity index (χ0n) is 18.9. The fraction of sp³-hybridized carbons (Fsp3) is 0.480. The van der Waals surface area contributed by atoms with Gasteiger partial charge in [-0.1, -0.05) is 43.7 Å². The van der Waals surface area contributed by atoms with Gasteiger partial charge in [-0.05, 0) is 30.9 Å². The molecule has 1 saturated heterocycles. The number of nitrogens with zero attached hydrogens (tertiary/aromatic N) is 4. The predicted molar refractivity (Wildman–Crippen MR) is 124 cm³/mol. The molecule has 0 bridgehead atoms. The highest BCUT2D eigenvalue weighted by Gasteiger charge is 2.29. The molecule has 32 heavy (non-hydrogen) atoms. The molecule has 0 aliphatic carbocycles. The molecule has 2 aromatic heterocycles. The summed E-state index contributed by atoms with van der Waals surface area (Å²) in [4.78, 5) is 34.1. The number of aromatic amines is 1. The maximum atomic E-state index is 13.2. The molecule has 2 aliphatic rings. The Morgan fingerprint density at radius 2 is 2.03 bits per heavy atom. The van der Waals surface area contributed by atoms with Crippen LogP contribution in [-0.2, 0) is 17.8 Å². The molecule has 1 N–H and O–H groups in total. The fourth-order valence-corrected chi connectivity index (χ4v) is 5.24. The van der Waals surface area contributed by atoms with Gasteiger partial charge >= 0.3 is 0 Å². The highest BCUT2D eigenvalue weighted by Crippen LogP contribution is 2.32. The summed E-state index contributed by atoms with van der Waals surface area (Å²) < 4.78 is 1.57. The topological polar surface area (TPSA) is 73.7 Å². The quantitative estimate of drug-likeness (QED) is 0.685. The van der Waals surface area contributed by atoms with Gasteiger partial charge in [0.15, 0.2) is 5.65 Å². The van der Waals surface area contributed by atoms with Crippen molar-refractivity contribution >= 4 is 11.6 Å². The number of nitrogens with one attached hydrogen (secondary N) is 1. The summed E-state index contributed by atoms with van der Waals surface area (Å²) in [6.45, 7) is 6.84. The van der Waals surface area contributed by atoms with Crippen LogP contribution in [-0.4, -0.2) is 49.9 Å². The Balaban J connectivity index is 1.44. The second-order valence-electron chi connectivity index (χ2n) is 9.26. The van der Waals surface area contributed by atoms with E-state index in [-0.39, 0.29) is 17.5 Å². The third kappa shape index (κ3) is 3.86. The van der Waals surface area contributed by atoms with E-state index < -0.39 is 0 Å². The normalized spacial score (nSPS) is 20.3. The van der Waals surface area contributed by atoms with Crippen molar-refractivity contribution in [1.29, 1.82) is 0 Å². The van der Waals surface area contributed by atoms with Crippen molar-refractivity contribution in [3.05, 3.63) is 69.3 Å². The molecule has 3 aromatic rings. The van der Waals surface area contributed by atoms with Gasteiger partial charge in [-0.15, -0.1) is 0 Å². The van der Waals surface area contributed by atoms with E-state index >= 15 is 0 Å². The minimum atomic E-state index is -0.0813. The van der Waals surface area contributed by atoms with Crippen molar-refractivity contribution in [2.75, 3.05) is 19.6 Å². The molecule has 2 atom stereocenters. The molecule has 1 fully saturated rings. The van der Waals surface area contributed by atoms with E-state index in [9.17, 15) is 9.59 Å². The van der Waals surface area contributed by atoms with E-state index in [2.05, 4.69) is 53.3 Å². The molecule has 2 aliphatic heterocycles. The lowest BCUT2D eigenvalue weighted by Gasteiger charge is -2.36. The Bertz CT molecular complexity index is 1180. The van der Waals surface area contributed by atoms with Gasteiger partial charge in [-0.3, -0.25) is 19.6 Å². The van der Waals surface area contributed by atoms with Crippen LogP contribution < -0.4 is 5.56 Å². The second kappa shape index (κ2) is 8.54. The molecule has 0 spiro atoms. The number of amides is 1. The van der Waals surface area contributed by atoms with Crippen LogP contribution in [0, 0.1) is 0 Å². The minimum absolute atomic E-state index is 0.00212. The molecule has 4 heterocycles. The lowest BCUT2D eigenvalue weighted by molar-refractivity contribution is -0.129. The van der Waals surface area contributed by atoms with E-state index in [0.29, 0.717) is 36.6 Å². The monoisotopic (exact) mass is 433 g/mol. The molecule has 0 radical (unpaired) electrons. The number of carbonyl (C=O) groups is 1. The van der Waals surface area contributed by atoms with Crippen molar-refractivity contribution in [3.8, 4) is 0 Å². The molecule has 1 amide bonds. The smallest absolute Gasteiger partial charge is 0.277 e. The fourth-order valence-electron chi connectivity index (χ4n) is 5.24. The van der Waals surface area contributed by atoms with Crippen molar-refractivity contribution in [1.82, 2.24) is 24.4 Å². The molecule has 7 heteroatoms. The average Bonchev–Trinajstić information content (AvgIpc) is 3.24. The number of hydrogen-bond acceptors (Lipinski definition) is 4. The second-order valence-corrected chi connectivity index (χ2v) is 9.26. The van der Waals surface area contributed by atoms with Crippen LogP contribution in [0.2, 0.25) is 0 Å². The number of benzene rings is 1. The van der Waals surface area contributed by atoms with Gasteiger partial charge in [-0.25, -0.2) is 9.50 Å². The maximum Gasteiger partial charge on any atom is 0.277 e. The maximum absolute atomic E-state index is 13.2. The molecule has 0 unspecified atom stereocenters. The zero-order valence-corrected chi connectivity index (χ0v) is 18.9. The summed E-state index contributed by atoms with van der Waals surface area (Å²) in [7, 11) is 0. The summed E-state index contributed by atoms with van der Waals surface area (Å²) in [6, 6.07) is 13.0. The van der Waals surface area contributed by atoms with Gasteiger partial charge in [0, 0.05) is 32.5 Å². The van der Waals surface area contributed by atoms with Crippen molar-refractivity contribution < 1.29 is 4.79 Å². The number of piperidine rings is 1. The Morgan fingerprint density at radius 3 is 2.81 bits per heavy atom. The van der Waals surface area contributed by atoms with E-state index in [0.717, 1.165) is 30.9 Å². The molecule has 1 aromatic carbocycles. The molecule has 168 valence electrons. The number of aromatic nitrogens is 3. The lowest BCUT2D eigenvalue weighted by atomic mass is 9.95. The number of rotatable bonds is 4. The SMILES string of the molecule is CC(=O)N1CCc2nc3cc([C@H]4CCCCN4C[C@H](C)c4ccccc4)[nH]n3c(=O)c2C1. The first-order chi connectivity index (χ1) is 15.5. The average molecular weight is 434 g/mol. The van der Waals surface area contributed by atoms with Gasteiger partial charge in [0.25, 0.3) is 5.56 Å². The van der Waals surface area contributed by atoms with Gasteiger partial charge < -0.3 is 4.90 Å². The number of likely N-dealkylation sites (tertiary alicyclic amines) is 1. The molecule has 0 saturated carbocycles. The third-order valence-electron chi connectivity index (χ3n) is 7.08. The first-order valence-electron chi connectivity index (χ1n) is 11.7. The van der Waals surface area contributed by atoms with Crippen molar-refractivity contribution in [2.45, 2.75) is 58.0 Å². The highest BCUT2D eigenvalue weighted by atomic mass is 16.2. The number of H-pyrrole nitrogens is 1. The molecule has 7 nitrogen and oxygen atoms in total. The Morgan fingerprint density at radius 1 is 1.22 bits per heavy atom. The first kappa shape index (κ1) is 20.9. The van der Waals surface area contributed by atoms with Crippen LogP contribution in [0.5, 0.6) is 0 Å². The van der Waals surface area contributed by atoms with Crippen molar-refractivity contribution in [2.24, 2.45) is 0 Å². The Hall–Kier alpha value is -2.93. The summed E-state index contributed by atoms with van der Waals surface area (Å²) in [6.07, 6.45) is 4.08. The molecular formula is C25H31N5O2. The van der Waals surface area contributed by atoms with Crippen LogP contribution in [0.25, 0.3) is 5.65 Å². The van der Waals surface area contributed by atoms with Gasteiger partial charge in [0.2, 0.25) is 5.91 Å². The van der Waals surface area contributed by atoms with E-state index in [1.54, 1.807) is 16.3 Å². The zero-order chi connectivity index (χ0) is 22.2. The third-order valence-corrected chi connectivity index (χ3v) is 7.08. The van der Waals surface area contributed by atoms with Gasteiger partial charge in [0.05, 0.1) is 29.5 Å². The Kier molecular flexibility index (Phi) is 5.59. The van der Waals surface area contributed by atoms with Gasteiger partial charge in [0.1, 0.15) is 0 Å². The van der Waals surface area contributed by atoms with Crippen molar-refractivity contribution in [3.63, 3.8) is 0 Å². The summed E-state index contributed by atoms with van der Waals surface area (Å²) in [5, 5.41) is 3.37. The number of fused-ring (bicyclic) bond motifs is 2. The van der Waals surface area contributed by atoms with Crippen LogP contribution in [0.4, 0.5) is 0 Å². The van der Waals surface area contributed by atoms with E-state index in [1.165, 1.54) is 18.4 Å². The largest absolute Gasteiger partial charge is 0.338 e. The molecular weight excluding hydrogens is 402 g/mol. The van der Waals surface area contributed by atoms with Crippen LogP contribution in [0.3, 0.4) is 0 Å². The van der Waals surface area contributed by atoms with E-state index in [1.807, 2.05) is 0 Å². The van der Waals surface area contributed by atoms with Gasteiger partial charge in [-0.2, -0.15) is 0 Å². The van der Waals surface area contributed by atoms with Crippen LogP contribution in [0.1, 0.15) is 67.6 Å². The summed E-state index contributed by atoms with van der Waals surface area (Å²) in [5.74, 6) is 0.435. The minimum Gasteiger partial charge on any atom is -0.338 e. The molecule has 5 rings (SSSR count). The number of hydrogen-bond donors (Lipinski definition) is 1. The summed E-state index contributed by atoms with van der Waals surface area (Å²) in [5.41, 5.74) is 4.48. The number of carbonyl (C=O) groups excluding carboxylic acids is 1. The Labute approximate surface area is 188 Å². The first-order valence-corrected chi connectivity index (χ1v) is 11.7. The standard InChI is InChI=1S/C25H31N5O2/c1-17(19-8-4-3-5-9-19)15-29-12-7-6-10-23(29)22-14-24-26-21-11-13-28(18(2)31)16-20(21)25(32)30(24)27-22/h3-5,8-9,14,17,23,27H,6-7,10-13,15-16H2,1-2H3/t17-,23+/m0/s1. The lowest BCUT2D eigenvalue weighted by Crippen LogP contribution is -2.39. The highest BCUT2D eigenvalue weighted by molar-refractivity contribution is 5.73. The van der Waals surface area contributed by atoms with E-state index in [4.69, 9.17) is 4.98 Å². The van der Waals surface area contributed by atoms with Crippen LogP contribution >= 0.6 is 0 Å². The van der Waals surface area contributed by atoms with Crippen LogP contribution in [0.15, 0.2) is 41.2 Å². The summed E-state index contributed by atoms with van der Waals surface area (Å²) >= 11 is 0.